The van der Waals surface area contributed by atoms with Gasteiger partial charge in [0.25, 0.3) is 5.91 Å². The Bertz CT molecular complexity index is 688. The summed E-state index contributed by atoms with van der Waals surface area (Å²) in [4.78, 5) is 12.1. The molecule has 0 radical (unpaired) electrons. The second-order valence-corrected chi connectivity index (χ2v) is 4.45. The van der Waals surface area contributed by atoms with Crippen molar-refractivity contribution in [1.82, 2.24) is 5.32 Å². The molecular weight excluding hydrogens is 266 g/mol. The van der Waals surface area contributed by atoms with Gasteiger partial charge in [0, 0.05) is 18.3 Å². The summed E-state index contributed by atoms with van der Waals surface area (Å²) in [7, 11) is 1.49. The number of nitrogens with two attached hydrogens (primary N) is 1. The Morgan fingerprint density at radius 1 is 1.29 bits per heavy atom. The number of nitrogen functional groups attached to an aromatic ring is 1. The smallest absolute Gasteiger partial charge is 0.255 e. The van der Waals surface area contributed by atoms with Gasteiger partial charge in [-0.05, 0) is 29.8 Å². The summed E-state index contributed by atoms with van der Waals surface area (Å²) >= 11 is 0. The van der Waals surface area contributed by atoms with Crippen LogP contribution in [0, 0.1) is 11.3 Å². The summed E-state index contributed by atoms with van der Waals surface area (Å²) in [6.45, 7) is 0.373. The number of hydrogen-bond acceptors (Lipinski definition) is 4. The molecular formula is C16H15N3O2. The Labute approximate surface area is 123 Å². The Morgan fingerprint density at radius 2 is 2.00 bits per heavy atom. The van der Waals surface area contributed by atoms with Crippen molar-refractivity contribution in [3.05, 3.63) is 59.2 Å². The van der Waals surface area contributed by atoms with Gasteiger partial charge in [0.05, 0.1) is 24.3 Å². The molecule has 1 amide bonds. The molecule has 0 spiro atoms. The second kappa shape index (κ2) is 6.44. The second-order valence-electron chi connectivity index (χ2n) is 4.45. The lowest BCUT2D eigenvalue weighted by Crippen LogP contribution is -2.23. The van der Waals surface area contributed by atoms with Crippen molar-refractivity contribution in [2.24, 2.45) is 0 Å². The molecule has 2 aromatic carbocycles. The predicted molar refractivity (Wildman–Crippen MR) is 79.7 cm³/mol. The van der Waals surface area contributed by atoms with Gasteiger partial charge in [0.1, 0.15) is 5.75 Å². The average molecular weight is 281 g/mol. The number of benzene rings is 2. The van der Waals surface area contributed by atoms with Gasteiger partial charge in [-0.1, -0.05) is 12.1 Å². The highest BCUT2D eigenvalue weighted by molar-refractivity contribution is 5.97. The first-order valence-electron chi connectivity index (χ1n) is 6.35. The molecule has 5 nitrogen and oxygen atoms in total. The summed E-state index contributed by atoms with van der Waals surface area (Å²) in [5.41, 5.74) is 8.13. The summed E-state index contributed by atoms with van der Waals surface area (Å²) in [5, 5.41) is 11.5. The van der Waals surface area contributed by atoms with E-state index in [2.05, 4.69) is 5.32 Å². The number of nitriles is 1. The van der Waals surface area contributed by atoms with Crippen LogP contribution in [0.1, 0.15) is 21.5 Å². The zero-order valence-electron chi connectivity index (χ0n) is 11.6. The highest BCUT2D eigenvalue weighted by atomic mass is 16.5. The third kappa shape index (κ3) is 3.51. The Hall–Kier alpha value is -3.00. The van der Waals surface area contributed by atoms with Gasteiger partial charge in [-0.3, -0.25) is 4.79 Å². The fourth-order valence-corrected chi connectivity index (χ4v) is 1.87. The van der Waals surface area contributed by atoms with Crippen molar-refractivity contribution in [1.29, 1.82) is 5.26 Å². The molecule has 0 saturated carbocycles. The van der Waals surface area contributed by atoms with E-state index in [0.29, 0.717) is 29.1 Å². The number of hydrogen-bond donors (Lipinski definition) is 2. The lowest BCUT2D eigenvalue weighted by atomic mass is 10.1. The maximum atomic E-state index is 12.1. The van der Waals surface area contributed by atoms with E-state index in [0.717, 1.165) is 5.56 Å². The molecule has 0 aromatic heterocycles. The third-order valence-corrected chi connectivity index (χ3v) is 3.01. The lowest BCUT2D eigenvalue weighted by Gasteiger charge is -2.10. The van der Waals surface area contributed by atoms with Crippen LogP contribution in [0.4, 0.5) is 5.69 Å². The van der Waals surface area contributed by atoms with E-state index in [4.69, 9.17) is 15.7 Å². The van der Waals surface area contributed by atoms with Crippen LogP contribution in [-0.4, -0.2) is 13.0 Å². The molecule has 0 fully saturated rings. The number of ether oxygens (including phenoxy) is 1. The molecule has 21 heavy (non-hydrogen) atoms. The minimum Gasteiger partial charge on any atom is -0.496 e. The van der Waals surface area contributed by atoms with E-state index in [-0.39, 0.29) is 5.91 Å². The van der Waals surface area contributed by atoms with E-state index >= 15 is 0 Å². The standard InChI is InChI=1S/C16H15N3O2/c1-21-15-8-13(18)6-7-14(15)16(20)19-10-12-4-2-11(9-17)3-5-12/h2-8H,10,18H2,1H3,(H,19,20). The Balaban J connectivity index is 2.06. The largest absolute Gasteiger partial charge is 0.496 e. The van der Waals surface area contributed by atoms with Gasteiger partial charge in [-0.25, -0.2) is 0 Å². The molecule has 3 N–H and O–H groups in total. The number of amides is 1. The molecule has 2 aromatic rings. The zero-order chi connectivity index (χ0) is 15.2. The van der Waals surface area contributed by atoms with E-state index < -0.39 is 0 Å². The minimum absolute atomic E-state index is 0.240. The van der Waals surface area contributed by atoms with Crippen LogP contribution in [0.15, 0.2) is 42.5 Å². The maximum Gasteiger partial charge on any atom is 0.255 e. The first-order valence-corrected chi connectivity index (χ1v) is 6.35. The molecule has 2 rings (SSSR count). The number of anilines is 1. The first kappa shape index (κ1) is 14.4. The molecule has 0 unspecified atom stereocenters. The van der Waals surface area contributed by atoms with E-state index in [1.54, 1.807) is 42.5 Å². The van der Waals surface area contributed by atoms with Gasteiger partial charge in [0.15, 0.2) is 0 Å². The molecule has 0 heterocycles. The quantitative estimate of drug-likeness (QED) is 0.840. The van der Waals surface area contributed by atoms with Gasteiger partial charge in [-0.15, -0.1) is 0 Å². The third-order valence-electron chi connectivity index (χ3n) is 3.01. The summed E-state index contributed by atoms with van der Waals surface area (Å²) in [6.07, 6.45) is 0. The van der Waals surface area contributed by atoms with Gasteiger partial charge < -0.3 is 15.8 Å². The molecule has 5 heteroatoms. The van der Waals surface area contributed by atoms with Crippen molar-refractivity contribution >= 4 is 11.6 Å². The highest BCUT2D eigenvalue weighted by Gasteiger charge is 2.12. The SMILES string of the molecule is COc1cc(N)ccc1C(=O)NCc1ccc(C#N)cc1. The van der Waals surface area contributed by atoms with Crippen LogP contribution >= 0.6 is 0 Å². The van der Waals surface area contributed by atoms with Gasteiger partial charge in [0.2, 0.25) is 0 Å². The van der Waals surface area contributed by atoms with Crippen LogP contribution in [0.3, 0.4) is 0 Å². The number of nitrogens with zero attached hydrogens (tertiary/aromatic N) is 1. The van der Waals surface area contributed by atoms with Crippen LogP contribution in [0.2, 0.25) is 0 Å². The predicted octanol–water partition coefficient (Wildman–Crippen LogP) is 2.08. The number of carbonyl (C=O) groups is 1. The molecule has 0 aliphatic rings. The van der Waals surface area contributed by atoms with Crippen LogP contribution in [0.5, 0.6) is 5.75 Å². The molecule has 0 saturated heterocycles. The van der Waals surface area contributed by atoms with E-state index in [9.17, 15) is 4.79 Å². The van der Waals surface area contributed by atoms with Crippen molar-refractivity contribution < 1.29 is 9.53 Å². The average Bonchev–Trinajstić information content (AvgIpc) is 2.52. The summed E-state index contributed by atoms with van der Waals surface area (Å²) < 4.78 is 5.15. The fourth-order valence-electron chi connectivity index (χ4n) is 1.87. The molecule has 0 atom stereocenters. The van der Waals surface area contributed by atoms with E-state index in [1.807, 2.05) is 6.07 Å². The molecule has 0 bridgehead atoms. The topological polar surface area (TPSA) is 88.1 Å². The molecule has 0 aliphatic carbocycles. The number of carbonyl (C=O) groups excluding carboxylic acids is 1. The van der Waals surface area contributed by atoms with Crippen molar-refractivity contribution in [2.75, 3.05) is 12.8 Å². The van der Waals surface area contributed by atoms with Crippen molar-refractivity contribution in [3.63, 3.8) is 0 Å². The first-order chi connectivity index (χ1) is 10.1. The fraction of sp³-hybridized carbons (Fsp3) is 0.125. The van der Waals surface area contributed by atoms with Gasteiger partial charge in [-0.2, -0.15) is 5.26 Å². The highest BCUT2D eigenvalue weighted by Crippen LogP contribution is 2.21. The van der Waals surface area contributed by atoms with Crippen molar-refractivity contribution in [3.8, 4) is 11.8 Å². The lowest BCUT2D eigenvalue weighted by molar-refractivity contribution is 0.0948. The van der Waals surface area contributed by atoms with Gasteiger partial charge >= 0.3 is 0 Å². The maximum absolute atomic E-state index is 12.1. The normalized spacial score (nSPS) is 9.71. The van der Waals surface area contributed by atoms with E-state index in [1.165, 1.54) is 7.11 Å². The number of nitrogens with one attached hydrogen (secondary N) is 1. The zero-order valence-corrected chi connectivity index (χ0v) is 11.6. The van der Waals surface area contributed by atoms with Crippen LogP contribution in [-0.2, 0) is 6.54 Å². The Kier molecular flexibility index (Phi) is 4.42. The van der Waals surface area contributed by atoms with Crippen molar-refractivity contribution in [2.45, 2.75) is 6.54 Å². The monoisotopic (exact) mass is 281 g/mol. The van der Waals surface area contributed by atoms with Crippen LogP contribution < -0.4 is 15.8 Å². The molecule has 0 aliphatic heterocycles. The minimum atomic E-state index is -0.240. The molecule has 106 valence electrons. The number of methoxy groups -OCH3 is 1. The summed E-state index contributed by atoms with van der Waals surface area (Å²) in [5.74, 6) is 0.198. The number of rotatable bonds is 4. The Morgan fingerprint density at radius 3 is 2.62 bits per heavy atom. The van der Waals surface area contributed by atoms with Crippen LogP contribution in [0.25, 0.3) is 0 Å². The summed E-state index contributed by atoms with van der Waals surface area (Å²) in [6, 6.07) is 14.0.